The second kappa shape index (κ2) is 16.7. The molecular formula is C46H74N2O13. The smallest absolute Gasteiger partial charge is 0.310 e. The van der Waals surface area contributed by atoms with Crippen molar-refractivity contribution in [2.45, 2.75) is 187 Å². The first-order chi connectivity index (χ1) is 28.5. The third kappa shape index (κ3) is 7.41. The Hall–Kier alpha value is -2.21. The van der Waals surface area contributed by atoms with Gasteiger partial charge >= 0.3 is 5.97 Å². The summed E-state index contributed by atoms with van der Waals surface area (Å²) in [6, 6.07) is -2.34. The summed E-state index contributed by atoms with van der Waals surface area (Å²) in [6.45, 7) is 18.0. The second-order valence-corrected chi connectivity index (χ2v) is 21.6. The van der Waals surface area contributed by atoms with Crippen LogP contribution in [0.1, 0.15) is 120 Å². The lowest BCUT2D eigenvalue weighted by Crippen LogP contribution is -2.68. The van der Waals surface area contributed by atoms with E-state index >= 15 is 0 Å². The molecule has 2 saturated heterocycles. The van der Waals surface area contributed by atoms with Crippen LogP contribution in [-0.4, -0.2) is 129 Å². The summed E-state index contributed by atoms with van der Waals surface area (Å²) in [5.74, 6) is -0.175. The number of hydrogen-bond acceptors (Lipinski definition) is 12. The van der Waals surface area contributed by atoms with Gasteiger partial charge in [-0.25, -0.2) is 0 Å². The van der Waals surface area contributed by atoms with Crippen LogP contribution in [0.25, 0.3) is 0 Å². The Bertz CT molecular complexity index is 1710. The maximum absolute atomic E-state index is 13.2. The number of aliphatic hydroxyl groups is 5. The highest BCUT2D eigenvalue weighted by Gasteiger charge is 2.70. The molecule has 15 nitrogen and oxygen atoms in total. The predicted octanol–water partition coefficient (Wildman–Crippen LogP) is 3.03. The van der Waals surface area contributed by atoms with Crippen molar-refractivity contribution >= 4 is 17.8 Å². The number of carbonyl (C=O) groups is 3. The van der Waals surface area contributed by atoms with E-state index in [9.17, 15) is 45.0 Å². The van der Waals surface area contributed by atoms with E-state index in [-0.39, 0.29) is 39.6 Å². The van der Waals surface area contributed by atoms with Gasteiger partial charge in [0.25, 0.3) is 0 Å². The fourth-order valence-electron chi connectivity index (χ4n) is 14.6. The zero-order chi connectivity index (χ0) is 44.8. The monoisotopic (exact) mass is 863 g/mol. The Kier molecular flexibility index (Phi) is 12.8. The molecule has 6 fully saturated rings. The number of aliphatic carboxylic acids is 1. The molecule has 4 saturated carbocycles. The number of aliphatic hydroxyl groups excluding tert-OH is 5. The van der Waals surface area contributed by atoms with Crippen LogP contribution < -0.4 is 10.6 Å². The summed E-state index contributed by atoms with van der Waals surface area (Å²) >= 11 is 0. The molecule has 0 aromatic carbocycles. The summed E-state index contributed by atoms with van der Waals surface area (Å²) in [5, 5.41) is 69.9. The Morgan fingerprint density at radius 3 is 1.98 bits per heavy atom. The summed E-state index contributed by atoms with van der Waals surface area (Å²) < 4.78 is 24.9. The van der Waals surface area contributed by atoms with Gasteiger partial charge in [0.05, 0.1) is 24.7 Å². The molecule has 61 heavy (non-hydrogen) atoms. The molecule has 2 aliphatic heterocycles. The number of rotatable bonds is 9. The van der Waals surface area contributed by atoms with Crippen molar-refractivity contribution in [3.05, 3.63) is 11.6 Å². The van der Waals surface area contributed by atoms with Gasteiger partial charge in [0.2, 0.25) is 11.8 Å². The van der Waals surface area contributed by atoms with Gasteiger partial charge in [-0.3, -0.25) is 14.4 Å². The van der Waals surface area contributed by atoms with Crippen molar-refractivity contribution in [3.63, 3.8) is 0 Å². The molecule has 2 amide bonds. The molecule has 0 unspecified atom stereocenters. The lowest BCUT2D eigenvalue weighted by atomic mass is 9.33. The number of carboxylic acid groups (broad SMARTS) is 1. The van der Waals surface area contributed by atoms with Crippen LogP contribution in [0.2, 0.25) is 0 Å². The molecule has 0 bridgehead atoms. The van der Waals surface area contributed by atoms with E-state index in [0.29, 0.717) is 30.6 Å². The van der Waals surface area contributed by atoms with Crippen LogP contribution in [0.3, 0.4) is 0 Å². The number of nitrogens with one attached hydrogen (secondary N) is 2. The fraction of sp³-hybridized carbons (Fsp3) is 0.891. The topological polar surface area (TPSA) is 234 Å². The highest BCUT2D eigenvalue weighted by Crippen LogP contribution is 2.76. The third-order valence-electron chi connectivity index (χ3n) is 18.4. The van der Waals surface area contributed by atoms with Crippen molar-refractivity contribution in [2.24, 2.45) is 56.7 Å². The van der Waals surface area contributed by atoms with E-state index in [0.717, 1.165) is 44.9 Å². The molecule has 20 atom stereocenters. The molecule has 7 aliphatic rings. The molecule has 15 heteroatoms. The summed E-state index contributed by atoms with van der Waals surface area (Å²) in [7, 11) is 0. The largest absolute Gasteiger partial charge is 0.481 e. The Labute approximate surface area is 360 Å². The van der Waals surface area contributed by atoms with Crippen LogP contribution in [0.15, 0.2) is 11.6 Å². The molecule has 0 radical (unpaired) electrons. The minimum absolute atomic E-state index is 0.0278. The number of amides is 2. The molecule has 346 valence electrons. The van der Waals surface area contributed by atoms with Crippen LogP contribution in [0, 0.1) is 56.7 Å². The SMILES string of the molecule is CC(=O)N[C@H]1[C@H](OC[C@H]2O[C@@H](O[C@H]3CC[C@]4(C)[C@H]5CC=C6[C@@H]7[C@@H](C)[C@H](C)CC[C@]7(C(=O)O)CC[C@@]6(C)[C@]5(C)CC[C@H]4C3(C)C)[C@H](NC(C)=O)[C@@H](O)[C@@H]2O)O[C@H](CO)[C@@H](O)[C@@H]1O. The van der Waals surface area contributed by atoms with Crippen LogP contribution in [-0.2, 0) is 33.3 Å². The molecule has 7 rings (SSSR count). The van der Waals surface area contributed by atoms with Crippen molar-refractivity contribution in [1.29, 1.82) is 0 Å². The van der Waals surface area contributed by atoms with E-state index in [2.05, 4.69) is 65.2 Å². The number of carboxylic acids is 1. The van der Waals surface area contributed by atoms with Crippen molar-refractivity contribution in [2.75, 3.05) is 13.2 Å². The summed E-state index contributed by atoms with van der Waals surface area (Å²) in [4.78, 5) is 37.6. The summed E-state index contributed by atoms with van der Waals surface area (Å²) in [5.41, 5.74) is 0.121. The highest BCUT2D eigenvalue weighted by molar-refractivity contribution is 5.77. The van der Waals surface area contributed by atoms with Gasteiger partial charge in [0.15, 0.2) is 12.6 Å². The Morgan fingerprint density at radius 2 is 1.38 bits per heavy atom. The van der Waals surface area contributed by atoms with Crippen molar-refractivity contribution in [1.82, 2.24) is 10.6 Å². The second-order valence-electron chi connectivity index (χ2n) is 21.6. The zero-order valence-corrected chi connectivity index (χ0v) is 37.6. The first-order valence-corrected chi connectivity index (χ1v) is 22.9. The normalized spacial score (nSPS) is 50.4. The zero-order valence-electron chi connectivity index (χ0n) is 37.6. The number of hydrogen-bond donors (Lipinski definition) is 8. The van der Waals surface area contributed by atoms with Gasteiger partial charge < -0.3 is 60.2 Å². The molecular weight excluding hydrogens is 789 g/mol. The van der Waals surface area contributed by atoms with Crippen molar-refractivity contribution in [3.8, 4) is 0 Å². The molecule has 2 heterocycles. The van der Waals surface area contributed by atoms with Crippen LogP contribution in [0.4, 0.5) is 0 Å². The van der Waals surface area contributed by atoms with E-state index in [1.165, 1.54) is 19.4 Å². The number of carbonyl (C=O) groups excluding carboxylic acids is 2. The Morgan fingerprint density at radius 1 is 0.770 bits per heavy atom. The maximum Gasteiger partial charge on any atom is 0.310 e. The third-order valence-corrected chi connectivity index (χ3v) is 18.4. The molecule has 8 N–H and O–H groups in total. The molecule has 5 aliphatic carbocycles. The molecule has 0 spiro atoms. The number of ether oxygens (including phenoxy) is 4. The minimum atomic E-state index is -1.55. The van der Waals surface area contributed by atoms with Crippen LogP contribution >= 0.6 is 0 Å². The number of fused-ring (bicyclic) bond motifs is 7. The lowest BCUT2D eigenvalue weighted by Gasteiger charge is -2.71. The standard InChI is InChI=1S/C46H74N2O13/c1-22-12-17-46(41(56)57)19-18-44(8)26(32(46)23(22)2)10-11-30-43(7)15-14-31(42(5,6)29(43)13-16-45(30,44)9)61-40-34(48-25(4)51)38(55)36(53)28(60-40)21-58-39-33(47-24(3)50)37(54)35(52)27(20-49)59-39/h10,22-23,27-40,49,52-55H,11-21H2,1-9H3,(H,47,50)(H,48,51)(H,56,57)/t22-,23+,27-,28-,29+,30-,31+,32+,33-,34-,35-,36-,37-,38-,39-,40+,43+,44-,45-,46+/m1/s1. The van der Waals surface area contributed by atoms with E-state index in [1.54, 1.807) is 0 Å². The average Bonchev–Trinajstić information content (AvgIpc) is 3.18. The van der Waals surface area contributed by atoms with Crippen molar-refractivity contribution < 1.29 is 64.0 Å². The summed E-state index contributed by atoms with van der Waals surface area (Å²) in [6.07, 6.45) is -1.25. The first kappa shape index (κ1) is 46.8. The highest BCUT2D eigenvalue weighted by atomic mass is 16.7. The number of allylic oxidation sites excluding steroid dienone is 2. The fourth-order valence-corrected chi connectivity index (χ4v) is 14.6. The predicted molar refractivity (Wildman–Crippen MR) is 221 cm³/mol. The lowest BCUT2D eigenvalue weighted by molar-refractivity contribution is -0.321. The Balaban J connectivity index is 1.11. The van der Waals surface area contributed by atoms with E-state index in [4.69, 9.17) is 18.9 Å². The quantitative estimate of drug-likeness (QED) is 0.123. The van der Waals surface area contributed by atoms with E-state index < -0.39 is 97.7 Å². The van der Waals surface area contributed by atoms with Gasteiger partial charge in [-0.05, 0) is 109 Å². The van der Waals surface area contributed by atoms with E-state index in [1.807, 2.05) is 0 Å². The molecule has 0 aromatic heterocycles. The van der Waals surface area contributed by atoms with Gasteiger partial charge in [-0.15, -0.1) is 0 Å². The average molecular weight is 863 g/mol. The van der Waals surface area contributed by atoms with Gasteiger partial charge in [-0.1, -0.05) is 60.1 Å². The van der Waals surface area contributed by atoms with Crippen LogP contribution in [0.5, 0.6) is 0 Å². The van der Waals surface area contributed by atoms with Gasteiger partial charge in [0.1, 0.15) is 48.7 Å². The van der Waals surface area contributed by atoms with Gasteiger partial charge in [-0.2, -0.15) is 0 Å². The maximum atomic E-state index is 13.2. The first-order valence-electron chi connectivity index (χ1n) is 22.9. The molecule has 0 aromatic rings. The van der Waals surface area contributed by atoms with Gasteiger partial charge in [0, 0.05) is 13.8 Å². The minimum Gasteiger partial charge on any atom is -0.481 e.